The van der Waals surface area contributed by atoms with Crippen molar-refractivity contribution in [2.75, 3.05) is 13.6 Å². The number of fused-ring (bicyclic) bond motifs is 1. The van der Waals surface area contributed by atoms with Gasteiger partial charge in [-0.3, -0.25) is 0 Å². The minimum absolute atomic E-state index is 0.711. The molecule has 23 heavy (non-hydrogen) atoms. The van der Waals surface area contributed by atoms with Gasteiger partial charge in [-0.05, 0) is 53.9 Å². The summed E-state index contributed by atoms with van der Waals surface area (Å²) in [6.07, 6.45) is 4.03. The first kappa shape index (κ1) is 16.2. The molecule has 1 heterocycles. The number of hydroxylamine groups is 2. The van der Waals surface area contributed by atoms with Gasteiger partial charge in [-0.15, -0.1) is 5.06 Å². The molecule has 3 aromatic rings. The first-order valence-corrected chi connectivity index (χ1v) is 8.85. The summed E-state index contributed by atoms with van der Waals surface area (Å²) < 4.78 is 6.41. The van der Waals surface area contributed by atoms with Gasteiger partial charge in [-0.25, -0.2) is 0 Å². The summed E-state index contributed by atoms with van der Waals surface area (Å²) in [5, 5.41) is 2.97. The third kappa shape index (κ3) is 4.19. The number of aromatic nitrogens is 1. The minimum atomic E-state index is 0.711. The molecule has 1 aromatic heterocycles. The minimum Gasteiger partial charge on any atom is -0.406 e. The lowest BCUT2D eigenvalue weighted by Gasteiger charge is -2.16. The van der Waals surface area contributed by atoms with Crippen molar-refractivity contribution in [3.63, 3.8) is 0 Å². The quantitative estimate of drug-likeness (QED) is 0.548. The van der Waals surface area contributed by atoms with Crippen molar-refractivity contribution in [3.8, 4) is 5.75 Å². The van der Waals surface area contributed by atoms with E-state index in [4.69, 9.17) is 4.84 Å². The Balaban J connectivity index is 1.63. The predicted molar refractivity (Wildman–Crippen MR) is 101 cm³/mol. The molecular weight excluding hydrogens is 372 g/mol. The third-order valence-corrected chi connectivity index (χ3v) is 4.83. The van der Waals surface area contributed by atoms with E-state index in [1.54, 1.807) is 0 Å². The van der Waals surface area contributed by atoms with Gasteiger partial charge in [0.2, 0.25) is 0 Å². The molecule has 0 N–H and O–H groups in total. The summed E-state index contributed by atoms with van der Waals surface area (Å²) in [5.74, 6) is 0.832. The number of nitrogens with zero attached hydrogens (tertiary/aromatic N) is 2. The van der Waals surface area contributed by atoms with Crippen molar-refractivity contribution in [1.82, 2.24) is 9.44 Å². The summed E-state index contributed by atoms with van der Waals surface area (Å²) in [4.78, 5) is 5.86. The zero-order chi connectivity index (χ0) is 16.2. The Morgan fingerprint density at radius 1 is 1.26 bits per heavy atom. The lowest BCUT2D eigenvalue weighted by molar-refractivity contribution is -0.0195. The molecule has 0 aliphatic heterocycles. The Morgan fingerprint density at radius 3 is 2.83 bits per heavy atom. The summed E-state index contributed by atoms with van der Waals surface area (Å²) in [6.45, 7) is 2.82. The van der Waals surface area contributed by atoms with Crippen LogP contribution in [0.25, 0.3) is 15.7 Å². The fourth-order valence-electron chi connectivity index (χ4n) is 2.21. The topological polar surface area (TPSA) is 25.4 Å². The van der Waals surface area contributed by atoms with Gasteiger partial charge < -0.3 is 4.84 Å². The van der Waals surface area contributed by atoms with Gasteiger partial charge in [0.15, 0.2) is 0 Å². The number of hydrogen-bond donors (Lipinski definition) is 0. The first-order chi connectivity index (χ1) is 11.1. The molecule has 0 fully saturated rings. The molecule has 0 spiro atoms. The lowest BCUT2D eigenvalue weighted by Crippen LogP contribution is -2.22. The molecule has 2 aromatic carbocycles. The van der Waals surface area contributed by atoms with Crippen LogP contribution in [-0.2, 0) is 0 Å². The average Bonchev–Trinajstić information content (AvgIpc) is 3.01. The standard InChI is InChI=1S/C18H17BrN2OS/c1-13(14-3-6-16(19)7-4-14)9-10-21(2)22-17-8-5-15-12-20-23-18(15)11-17/h3-9,11-12H,10H2,1-2H3. The van der Waals surface area contributed by atoms with Crippen LogP contribution in [0.2, 0.25) is 0 Å². The molecule has 0 saturated heterocycles. The van der Waals surface area contributed by atoms with E-state index < -0.39 is 0 Å². The molecule has 0 atom stereocenters. The molecule has 3 nitrogen and oxygen atoms in total. The molecule has 0 radical (unpaired) electrons. The van der Waals surface area contributed by atoms with Gasteiger partial charge in [-0.1, -0.05) is 34.1 Å². The van der Waals surface area contributed by atoms with E-state index in [0.29, 0.717) is 6.54 Å². The van der Waals surface area contributed by atoms with E-state index in [0.717, 1.165) is 20.3 Å². The third-order valence-electron chi connectivity index (χ3n) is 3.54. The Hall–Kier alpha value is -1.69. The highest BCUT2D eigenvalue weighted by molar-refractivity contribution is 9.10. The van der Waals surface area contributed by atoms with E-state index in [-0.39, 0.29) is 0 Å². The maximum absolute atomic E-state index is 5.86. The summed E-state index contributed by atoms with van der Waals surface area (Å²) in [5.41, 5.74) is 2.44. The number of likely N-dealkylation sites (N-methyl/N-ethyl adjacent to an activating group) is 1. The van der Waals surface area contributed by atoms with E-state index in [1.807, 2.05) is 36.5 Å². The Bertz CT molecular complexity index is 826. The van der Waals surface area contributed by atoms with Gasteiger partial charge in [0, 0.05) is 29.2 Å². The van der Waals surface area contributed by atoms with E-state index >= 15 is 0 Å². The van der Waals surface area contributed by atoms with E-state index in [2.05, 4.69) is 57.6 Å². The van der Waals surface area contributed by atoms with Gasteiger partial charge in [-0.2, -0.15) is 4.37 Å². The Morgan fingerprint density at radius 2 is 2.04 bits per heavy atom. The highest BCUT2D eigenvalue weighted by atomic mass is 79.9. The van der Waals surface area contributed by atoms with Gasteiger partial charge >= 0.3 is 0 Å². The monoisotopic (exact) mass is 388 g/mol. The van der Waals surface area contributed by atoms with Crippen LogP contribution in [-0.4, -0.2) is 23.0 Å². The van der Waals surface area contributed by atoms with Crippen molar-refractivity contribution < 1.29 is 4.84 Å². The zero-order valence-corrected chi connectivity index (χ0v) is 15.4. The SMILES string of the molecule is CC(=CCN(C)Oc1ccc2cnsc2c1)c1ccc(Br)cc1. The Kier molecular flexibility index (Phi) is 5.10. The van der Waals surface area contributed by atoms with Crippen molar-refractivity contribution >= 4 is 43.1 Å². The van der Waals surface area contributed by atoms with E-state index in [9.17, 15) is 0 Å². The Labute approximate surface area is 148 Å². The molecule has 0 aliphatic rings. The largest absolute Gasteiger partial charge is 0.406 e. The van der Waals surface area contributed by atoms with Crippen LogP contribution in [0.4, 0.5) is 0 Å². The second-order valence-corrected chi connectivity index (χ2v) is 7.07. The number of halogens is 1. The summed E-state index contributed by atoms with van der Waals surface area (Å²) in [6, 6.07) is 14.3. The summed E-state index contributed by atoms with van der Waals surface area (Å²) in [7, 11) is 1.93. The van der Waals surface area contributed by atoms with Crippen LogP contribution in [0.15, 0.2) is 59.2 Å². The molecular formula is C18H17BrN2OS. The van der Waals surface area contributed by atoms with Crippen molar-refractivity contribution in [2.24, 2.45) is 0 Å². The highest BCUT2D eigenvalue weighted by Gasteiger charge is 2.03. The average molecular weight is 389 g/mol. The van der Waals surface area contributed by atoms with Crippen LogP contribution >= 0.6 is 27.5 Å². The molecule has 0 amide bonds. The van der Waals surface area contributed by atoms with E-state index in [1.165, 1.54) is 22.7 Å². The zero-order valence-electron chi connectivity index (χ0n) is 13.0. The number of rotatable bonds is 5. The van der Waals surface area contributed by atoms with Crippen molar-refractivity contribution in [3.05, 3.63) is 64.8 Å². The van der Waals surface area contributed by atoms with Crippen LogP contribution < -0.4 is 4.84 Å². The fraction of sp³-hybridized carbons (Fsp3) is 0.167. The predicted octanol–water partition coefficient (Wildman–Crippen LogP) is 5.39. The fourth-order valence-corrected chi connectivity index (χ4v) is 3.15. The molecule has 0 saturated carbocycles. The maximum atomic E-state index is 5.86. The van der Waals surface area contributed by atoms with Gasteiger partial charge in [0.05, 0.1) is 11.2 Å². The smallest absolute Gasteiger partial charge is 0.148 e. The second-order valence-electron chi connectivity index (χ2n) is 5.32. The molecule has 0 unspecified atom stereocenters. The van der Waals surface area contributed by atoms with Crippen LogP contribution in [0.5, 0.6) is 5.75 Å². The summed E-state index contributed by atoms with van der Waals surface area (Å²) >= 11 is 4.94. The highest BCUT2D eigenvalue weighted by Crippen LogP contribution is 2.24. The number of hydrogen-bond acceptors (Lipinski definition) is 4. The van der Waals surface area contributed by atoms with Crippen LogP contribution in [0.3, 0.4) is 0 Å². The molecule has 5 heteroatoms. The molecule has 3 rings (SSSR count). The molecule has 0 bridgehead atoms. The van der Waals surface area contributed by atoms with Crippen molar-refractivity contribution in [2.45, 2.75) is 6.92 Å². The maximum Gasteiger partial charge on any atom is 0.148 e. The van der Waals surface area contributed by atoms with Gasteiger partial charge in [0.25, 0.3) is 0 Å². The molecule has 118 valence electrons. The number of allylic oxidation sites excluding steroid dienone is 1. The molecule has 0 aliphatic carbocycles. The second kappa shape index (κ2) is 7.25. The van der Waals surface area contributed by atoms with Crippen molar-refractivity contribution in [1.29, 1.82) is 0 Å². The number of benzene rings is 2. The normalized spacial score (nSPS) is 12.1. The lowest BCUT2D eigenvalue weighted by atomic mass is 10.1. The first-order valence-electron chi connectivity index (χ1n) is 7.28. The van der Waals surface area contributed by atoms with Crippen LogP contribution in [0.1, 0.15) is 12.5 Å². The van der Waals surface area contributed by atoms with Gasteiger partial charge in [0.1, 0.15) is 5.75 Å². The van der Waals surface area contributed by atoms with Crippen LogP contribution in [0, 0.1) is 0 Å².